The van der Waals surface area contributed by atoms with Crippen LogP contribution in [0.5, 0.6) is 0 Å². The van der Waals surface area contributed by atoms with Crippen molar-refractivity contribution in [3.05, 3.63) is 71.8 Å². The summed E-state index contributed by atoms with van der Waals surface area (Å²) < 4.78 is 35.6. The van der Waals surface area contributed by atoms with Crippen LogP contribution < -0.4 is 21.3 Å². The number of amides is 4. The number of ketones is 1. The molecule has 1 aliphatic rings. The van der Waals surface area contributed by atoms with Crippen molar-refractivity contribution in [1.29, 1.82) is 0 Å². The standard InChI is InChI=1S/C46H69N5O12S/c1-32(2)27-37(42(55)46(5,59)31-63-64(60,61)26-14-8-13-19-41(53)54)48-45(58)39(29-35-17-11-7-12-18-35)50-44(57)38(28-33(3)4)49-43(56)36(21-20-34-15-9-6-10-16-34)47-40(52)30-51-22-24-62-25-23-51/h6-7,9-12,15-18,32-33,36-39,59H,8,13-14,19-31H2,1-5H3,(H,47,52)(H,48,58)(H,49,56)(H,50,57)(H,53,54)/t36-,37-,38-,39-,46+/m0/s1. The zero-order chi connectivity index (χ0) is 47.3. The number of hydrogen-bond donors (Lipinski definition) is 6. The first kappa shape index (κ1) is 53.6. The van der Waals surface area contributed by atoms with Crippen molar-refractivity contribution in [2.24, 2.45) is 11.8 Å². The second kappa shape index (κ2) is 26.9. The highest BCUT2D eigenvalue weighted by molar-refractivity contribution is 7.86. The van der Waals surface area contributed by atoms with E-state index in [9.17, 15) is 42.3 Å². The summed E-state index contributed by atoms with van der Waals surface area (Å²) in [5, 5.41) is 31.3. The average molecular weight is 916 g/mol. The van der Waals surface area contributed by atoms with Gasteiger partial charge in [-0.1, -0.05) is 94.8 Å². The summed E-state index contributed by atoms with van der Waals surface area (Å²) in [6.07, 6.45) is 1.57. The Kier molecular flexibility index (Phi) is 22.5. The third kappa shape index (κ3) is 20.4. The van der Waals surface area contributed by atoms with Crippen LogP contribution in [0.25, 0.3) is 0 Å². The summed E-state index contributed by atoms with van der Waals surface area (Å²) in [5.74, 6) is -4.95. The van der Waals surface area contributed by atoms with E-state index in [1.165, 1.54) is 0 Å². The molecule has 1 saturated heterocycles. The molecule has 1 aliphatic heterocycles. The minimum absolute atomic E-state index is 0.00907. The first-order valence-electron chi connectivity index (χ1n) is 22.2. The lowest BCUT2D eigenvalue weighted by atomic mass is 9.90. The molecule has 4 amide bonds. The summed E-state index contributed by atoms with van der Waals surface area (Å²) in [6, 6.07) is 13.7. The van der Waals surface area contributed by atoms with Gasteiger partial charge in [0.25, 0.3) is 10.1 Å². The Morgan fingerprint density at radius 1 is 0.734 bits per heavy atom. The van der Waals surface area contributed by atoms with Crippen molar-refractivity contribution in [2.45, 2.75) is 122 Å². The molecule has 0 aromatic heterocycles. The van der Waals surface area contributed by atoms with Crippen LogP contribution in [-0.4, -0.2) is 134 Å². The number of carbonyl (C=O) groups excluding carboxylic acids is 5. The largest absolute Gasteiger partial charge is 0.481 e. The highest BCUT2D eigenvalue weighted by Crippen LogP contribution is 2.18. The van der Waals surface area contributed by atoms with Gasteiger partial charge in [-0.25, -0.2) is 0 Å². The van der Waals surface area contributed by atoms with E-state index in [1.54, 1.807) is 44.2 Å². The van der Waals surface area contributed by atoms with Crippen LogP contribution in [0.3, 0.4) is 0 Å². The number of benzene rings is 2. The predicted molar refractivity (Wildman–Crippen MR) is 240 cm³/mol. The highest BCUT2D eigenvalue weighted by Gasteiger charge is 2.40. The Balaban J connectivity index is 1.81. The number of rotatable bonds is 29. The Morgan fingerprint density at radius 2 is 1.27 bits per heavy atom. The SMILES string of the molecule is CC(C)C[C@H](NC(=O)[C@H](CCc1ccccc1)NC(=O)CN1CCOCC1)C(=O)N[C@@H](Cc1ccccc1)C(=O)N[C@@H](CC(C)C)C(=O)[C@](C)(O)COS(=O)(=O)CCCCCC(=O)O. The highest BCUT2D eigenvalue weighted by atomic mass is 32.2. The summed E-state index contributed by atoms with van der Waals surface area (Å²) in [5.41, 5.74) is -0.719. The van der Waals surface area contributed by atoms with Crippen LogP contribution >= 0.6 is 0 Å². The third-order valence-electron chi connectivity index (χ3n) is 10.6. The maximum atomic E-state index is 14.3. The van der Waals surface area contributed by atoms with Crippen molar-refractivity contribution in [2.75, 3.05) is 45.2 Å². The van der Waals surface area contributed by atoms with Gasteiger partial charge in [-0.2, -0.15) is 8.42 Å². The van der Waals surface area contributed by atoms with Gasteiger partial charge in [-0.3, -0.25) is 37.9 Å². The molecule has 6 N–H and O–H groups in total. The Labute approximate surface area is 377 Å². The predicted octanol–water partition coefficient (Wildman–Crippen LogP) is 2.54. The zero-order valence-electron chi connectivity index (χ0n) is 37.9. The van der Waals surface area contributed by atoms with E-state index < -0.39 is 81.7 Å². The summed E-state index contributed by atoms with van der Waals surface area (Å²) in [4.78, 5) is 82.5. The molecule has 2 aromatic rings. The first-order valence-corrected chi connectivity index (χ1v) is 23.8. The number of carboxylic acid groups (broad SMARTS) is 1. The number of aliphatic carboxylic acids is 1. The zero-order valence-corrected chi connectivity index (χ0v) is 38.7. The average Bonchev–Trinajstić information content (AvgIpc) is 3.24. The number of carbonyl (C=O) groups is 6. The number of hydrogen-bond acceptors (Lipinski definition) is 12. The molecule has 5 atom stereocenters. The van der Waals surface area contributed by atoms with Gasteiger partial charge >= 0.3 is 5.97 Å². The fourth-order valence-corrected chi connectivity index (χ4v) is 8.24. The van der Waals surface area contributed by atoms with Crippen LogP contribution in [0, 0.1) is 11.8 Å². The van der Waals surface area contributed by atoms with Crippen molar-refractivity contribution < 1.29 is 56.3 Å². The van der Waals surface area contributed by atoms with Crippen LogP contribution in [-0.2, 0) is 60.6 Å². The Bertz CT molecular complexity index is 1910. The lowest BCUT2D eigenvalue weighted by Gasteiger charge is -2.30. The van der Waals surface area contributed by atoms with Crippen LogP contribution in [0.4, 0.5) is 0 Å². The number of aryl methyl sites for hydroxylation is 1. The molecule has 0 saturated carbocycles. The number of carboxylic acids is 1. The minimum Gasteiger partial charge on any atom is -0.481 e. The lowest BCUT2D eigenvalue weighted by Crippen LogP contribution is -2.60. The second-order valence-corrected chi connectivity index (χ2v) is 19.3. The topological polar surface area (TPSA) is 247 Å². The first-order chi connectivity index (χ1) is 30.2. The Hall–Kier alpha value is -4.75. The van der Waals surface area contributed by atoms with Crippen LogP contribution in [0.1, 0.15) is 90.7 Å². The molecule has 0 bridgehead atoms. The molecule has 1 heterocycles. The van der Waals surface area contributed by atoms with Gasteiger partial charge in [0, 0.05) is 25.9 Å². The van der Waals surface area contributed by atoms with E-state index in [0.717, 1.165) is 12.5 Å². The van der Waals surface area contributed by atoms with Gasteiger partial charge in [0.2, 0.25) is 23.6 Å². The monoisotopic (exact) mass is 915 g/mol. The molecule has 64 heavy (non-hydrogen) atoms. The number of nitrogens with one attached hydrogen (secondary N) is 4. The van der Waals surface area contributed by atoms with Gasteiger partial charge in [0.15, 0.2) is 5.78 Å². The maximum Gasteiger partial charge on any atom is 0.303 e. The molecule has 0 spiro atoms. The molecule has 17 nitrogen and oxygen atoms in total. The number of aliphatic hydroxyl groups is 1. The molecule has 0 radical (unpaired) electrons. The normalized spacial score (nSPS) is 16.2. The molecule has 18 heteroatoms. The molecule has 356 valence electrons. The van der Waals surface area contributed by atoms with E-state index in [-0.39, 0.29) is 69.2 Å². The molecule has 0 aliphatic carbocycles. The number of ether oxygens (including phenoxy) is 1. The molecule has 1 fully saturated rings. The van der Waals surface area contributed by atoms with Crippen molar-refractivity contribution in [1.82, 2.24) is 26.2 Å². The van der Waals surface area contributed by atoms with Gasteiger partial charge in [-0.15, -0.1) is 0 Å². The van der Waals surface area contributed by atoms with Crippen molar-refractivity contribution >= 4 is 45.5 Å². The summed E-state index contributed by atoms with van der Waals surface area (Å²) in [7, 11) is -4.19. The van der Waals surface area contributed by atoms with E-state index in [0.29, 0.717) is 44.7 Å². The fraction of sp³-hybridized carbons (Fsp3) is 0.609. The van der Waals surface area contributed by atoms with Crippen LogP contribution in [0.2, 0.25) is 0 Å². The van der Waals surface area contributed by atoms with E-state index in [4.69, 9.17) is 14.0 Å². The van der Waals surface area contributed by atoms with Crippen LogP contribution in [0.15, 0.2) is 60.7 Å². The van der Waals surface area contributed by atoms with Gasteiger partial charge in [0.05, 0.1) is 31.6 Å². The minimum atomic E-state index is -4.19. The molecular weight excluding hydrogens is 847 g/mol. The second-order valence-electron chi connectivity index (χ2n) is 17.5. The van der Waals surface area contributed by atoms with Crippen molar-refractivity contribution in [3.8, 4) is 0 Å². The van der Waals surface area contributed by atoms with Gasteiger partial charge in [0.1, 0.15) is 30.3 Å². The molecule has 2 aromatic carbocycles. The number of Topliss-reactive ketones (excluding diaryl/α,β-unsaturated/α-hetero) is 1. The third-order valence-corrected chi connectivity index (χ3v) is 11.9. The van der Waals surface area contributed by atoms with Gasteiger partial charge in [-0.05, 0) is 68.4 Å². The smallest absolute Gasteiger partial charge is 0.303 e. The van der Waals surface area contributed by atoms with E-state index in [1.807, 2.05) is 49.1 Å². The lowest BCUT2D eigenvalue weighted by molar-refractivity contribution is -0.143. The fourth-order valence-electron chi connectivity index (χ4n) is 7.15. The van der Waals surface area contributed by atoms with E-state index >= 15 is 0 Å². The maximum absolute atomic E-state index is 14.3. The Morgan fingerprint density at radius 3 is 1.86 bits per heavy atom. The molecular formula is C46H69N5O12S. The quantitative estimate of drug-likeness (QED) is 0.0508. The van der Waals surface area contributed by atoms with Crippen molar-refractivity contribution in [3.63, 3.8) is 0 Å². The number of nitrogens with zero attached hydrogens (tertiary/aromatic N) is 1. The summed E-state index contributed by atoms with van der Waals surface area (Å²) in [6.45, 7) is 9.75. The molecule has 3 rings (SSSR count). The number of morpholine rings is 1. The van der Waals surface area contributed by atoms with E-state index in [2.05, 4.69) is 21.3 Å². The molecule has 0 unspecified atom stereocenters. The van der Waals surface area contributed by atoms with Gasteiger partial charge < -0.3 is 36.2 Å². The number of unbranched alkanes of at least 4 members (excludes halogenated alkanes) is 2. The summed E-state index contributed by atoms with van der Waals surface area (Å²) >= 11 is 0.